The Bertz CT molecular complexity index is 163. The summed E-state index contributed by atoms with van der Waals surface area (Å²) in [5.41, 5.74) is 0. The predicted molar refractivity (Wildman–Crippen MR) is 70.3 cm³/mol. The second-order valence-electron chi connectivity index (χ2n) is 4.25. The zero-order valence-electron chi connectivity index (χ0n) is 10.5. The van der Waals surface area contributed by atoms with Gasteiger partial charge in [-0.15, -0.1) is 0 Å². The molecule has 0 radical (unpaired) electrons. The number of methoxy groups -OCH3 is 1. The molecule has 1 aliphatic heterocycles. The van der Waals surface area contributed by atoms with Gasteiger partial charge in [-0.05, 0) is 31.9 Å². The van der Waals surface area contributed by atoms with E-state index in [4.69, 9.17) is 9.47 Å². The third kappa shape index (κ3) is 6.09. The van der Waals surface area contributed by atoms with E-state index in [1.54, 1.807) is 7.11 Å². The van der Waals surface area contributed by atoms with Crippen LogP contribution in [0.3, 0.4) is 0 Å². The van der Waals surface area contributed by atoms with Crippen LogP contribution in [0.2, 0.25) is 0 Å². The maximum Gasteiger partial charge on any atom is 0.0726 e. The smallest absolute Gasteiger partial charge is 0.0726 e. The minimum Gasteiger partial charge on any atom is -0.385 e. The number of nitrogens with one attached hydrogen (secondary N) is 1. The van der Waals surface area contributed by atoms with E-state index in [1.165, 1.54) is 24.3 Å². The summed E-state index contributed by atoms with van der Waals surface area (Å²) in [6, 6.07) is 0.502. The third-order valence-corrected chi connectivity index (χ3v) is 3.94. The molecule has 0 saturated carbocycles. The van der Waals surface area contributed by atoms with Crippen molar-refractivity contribution in [1.29, 1.82) is 0 Å². The molecule has 2 unspecified atom stereocenters. The Labute approximate surface area is 104 Å². The molecule has 0 aromatic rings. The predicted octanol–water partition coefficient (Wildman–Crippen LogP) is 1.91. The number of ether oxygens (including phenoxy) is 2. The molecule has 0 aromatic heterocycles. The Morgan fingerprint density at radius 3 is 3.06 bits per heavy atom. The van der Waals surface area contributed by atoms with Gasteiger partial charge < -0.3 is 14.8 Å². The highest BCUT2D eigenvalue weighted by Crippen LogP contribution is 2.15. The molecule has 0 aromatic carbocycles. The summed E-state index contributed by atoms with van der Waals surface area (Å²) < 4.78 is 10.6. The molecular formula is C12H25NO2S. The lowest BCUT2D eigenvalue weighted by Crippen LogP contribution is -2.38. The summed E-state index contributed by atoms with van der Waals surface area (Å²) in [4.78, 5) is 0. The largest absolute Gasteiger partial charge is 0.385 e. The summed E-state index contributed by atoms with van der Waals surface area (Å²) in [6.45, 7) is 5.14. The number of thioether (sulfide) groups is 1. The average Bonchev–Trinajstić information content (AvgIpc) is 2.81. The van der Waals surface area contributed by atoms with E-state index in [2.05, 4.69) is 12.2 Å². The molecule has 0 aliphatic carbocycles. The first kappa shape index (κ1) is 14.3. The van der Waals surface area contributed by atoms with Gasteiger partial charge in [-0.25, -0.2) is 0 Å². The fraction of sp³-hybridized carbons (Fsp3) is 1.00. The molecule has 0 spiro atoms. The molecule has 1 N–H and O–H groups in total. The van der Waals surface area contributed by atoms with Gasteiger partial charge in [-0.3, -0.25) is 0 Å². The number of hydrogen-bond acceptors (Lipinski definition) is 4. The van der Waals surface area contributed by atoms with Crippen LogP contribution >= 0.6 is 11.8 Å². The van der Waals surface area contributed by atoms with Crippen LogP contribution in [0.4, 0.5) is 0 Å². The third-order valence-electron chi connectivity index (χ3n) is 2.87. The summed E-state index contributed by atoms with van der Waals surface area (Å²) in [7, 11) is 1.76. The van der Waals surface area contributed by atoms with Crippen LogP contribution in [-0.4, -0.2) is 50.5 Å². The van der Waals surface area contributed by atoms with Gasteiger partial charge >= 0.3 is 0 Å². The van der Waals surface area contributed by atoms with Crippen molar-refractivity contribution in [2.75, 3.05) is 38.4 Å². The highest BCUT2D eigenvalue weighted by molar-refractivity contribution is 7.99. The minimum absolute atomic E-state index is 0.443. The van der Waals surface area contributed by atoms with Gasteiger partial charge in [0.25, 0.3) is 0 Å². The van der Waals surface area contributed by atoms with Gasteiger partial charge in [0.15, 0.2) is 0 Å². The van der Waals surface area contributed by atoms with E-state index in [-0.39, 0.29) is 0 Å². The summed E-state index contributed by atoms with van der Waals surface area (Å²) in [6.07, 6.45) is 4.04. The Kier molecular flexibility index (Phi) is 8.29. The Morgan fingerprint density at radius 2 is 2.38 bits per heavy atom. The first-order chi connectivity index (χ1) is 7.84. The fourth-order valence-electron chi connectivity index (χ4n) is 1.89. The molecule has 1 rings (SSSR count). The van der Waals surface area contributed by atoms with Crippen molar-refractivity contribution in [2.24, 2.45) is 0 Å². The lowest BCUT2D eigenvalue weighted by molar-refractivity contribution is 0.0844. The van der Waals surface area contributed by atoms with Gasteiger partial charge in [0, 0.05) is 38.7 Å². The summed E-state index contributed by atoms with van der Waals surface area (Å²) in [5.74, 6) is 2.38. The highest BCUT2D eigenvalue weighted by atomic mass is 32.2. The number of hydrogen-bond donors (Lipinski definition) is 1. The van der Waals surface area contributed by atoms with Crippen molar-refractivity contribution in [3.8, 4) is 0 Å². The minimum atomic E-state index is 0.443. The molecule has 2 atom stereocenters. The first-order valence-corrected chi connectivity index (χ1v) is 7.41. The molecule has 1 saturated heterocycles. The topological polar surface area (TPSA) is 30.5 Å². The van der Waals surface area contributed by atoms with Crippen LogP contribution in [0.25, 0.3) is 0 Å². The van der Waals surface area contributed by atoms with E-state index < -0.39 is 0 Å². The molecule has 1 aliphatic rings. The lowest BCUT2D eigenvalue weighted by atomic mass is 10.1. The van der Waals surface area contributed by atoms with Gasteiger partial charge in [0.2, 0.25) is 0 Å². The molecular weight excluding hydrogens is 222 g/mol. The second-order valence-corrected chi connectivity index (χ2v) is 5.48. The van der Waals surface area contributed by atoms with E-state index >= 15 is 0 Å². The SMILES string of the molecule is COCCCSCCNC(C)C1CCCO1. The Hall–Kier alpha value is 0.230. The zero-order chi connectivity index (χ0) is 11.6. The van der Waals surface area contributed by atoms with Crippen LogP contribution in [0.5, 0.6) is 0 Å². The Morgan fingerprint density at radius 1 is 1.50 bits per heavy atom. The van der Waals surface area contributed by atoms with Gasteiger partial charge in [-0.2, -0.15) is 11.8 Å². The van der Waals surface area contributed by atoms with E-state index in [0.29, 0.717) is 12.1 Å². The van der Waals surface area contributed by atoms with Gasteiger partial charge in [0.05, 0.1) is 6.10 Å². The average molecular weight is 247 g/mol. The van der Waals surface area contributed by atoms with Gasteiger partial charge in [-0.1, -0.05) is 0 Å². The normalized spacial score (nSPS) is 22.5. The fourth-order valence-corrected chi connectivity index (χ4v) is 2.68. The molecule has 0 bridgehead atoms. The maximum atomic E-state index is 5.64. The quantitative estimate of drug-likeness (QED) is 0.631. The molecule has 0 amide bonds. The second kappa shape index (κ2) is 9.28. The maximum absolute atomic E-state index is 5.64. The van der Waals surface area contributed by atoms with Crippen molar-refractivity contribution in [2.45, 2.75) is 38.3 Å². The van der Waals surface area contributed by atoms with Crippen molar-refractivity contribution in [3.63, 3.8) is 0 Å². The van der Waals surface area contributed by atoms with Crippen LogP contribution in [0.1, 0.15) is 26.2 Å². The monoisotopic (exact) mass is 247 g/mol. The van der Waals surface area contributed by atoms with Crippen LogP contribution in [-0.2, 0) is 9.47 Å². The van der Waals surface area contributed by atoms with Crippen LogP contribution < -0.4 is 5.32 Å². The van der Waals surface area contributed by atoms with Crippen LogP contribution in [0, 0.1) is 0 Å². The van der Waals surface area contributed by atoms with E-state index in [1.807, 2.05) is 11.8 Å². The molecule has 3 nitrogen and oxygen atoms in total. The lowest BCUT2D eigenvalue weighted by Gasteiger charge is -2.19. The van der Waals surface area contributed by atoms with E-state index in [9.17, 15) is 0 Å². The standard InChI is InChI=1S/C12H25NO2S/c1-11(12-5-3-8-15-12)13-6-10-16-9-4-7-14-2/h11-13H,3-10H2,1-2H3. The molecule has 1 fully saturated rings. The van der Waals surface area contributed by atoms with Crippen molar-refractivity contribution in [3.05, 3.63) is 0 Å². The van der Waals surface area contributed by atoms with Gasteiger partial charge in [0.1, 0.15) is 0 Å². The molecule has 96 valence electrons. The molecule has 16 heavy (non-hydrogen) atoms. The Balaban J connectivity index is 1.86. The first-order valence-electron chi connectivity index (χ1n) is 6.26. The van der Waals surface area contributed by atoms with Crippen LogP contribution in [0.15, 0.2) is 0 Å². The van der Waals surface area contributed by atoms with E-state index in [0.717, 1.165) is 26.2 Å². The van der Waals surface area contributed by atoms with Crippen molar-refractivity contribution < 1.29 is 9.47 Å². The molecule has 1 heterocycles. The molecule has 4 heteroatoms. The summed E-state index contributed by atoms with van der Waals surface area (Å²) >= 11 is 1.99. The number of rotatable bonds is 9. The zero-order valence-corrected chi connectivity index (χ0v) is 11.4. The highest BCUT2D eigenvalue weighted by Gasteiger charge is 2.21. The van der Waals surface area contributed by atoms with Crippen molar-refractivity contribution >= 4 is 11.8 Å². The summed E-state index contributed by atoms with van der Waals surface area (Å²) in [5, 5.41) is 3.54. The van der Waals surface area contributed by atoms with Crippen molar-refractivity contribution in [1.82, 2.24) is 5.32 Å².